The Morgan fingerprint density at radius 3 is 2.67 bits per heavy atom. The van der Waals surface area contributed by atoms with E-state index in [9.17, 15) is 4.79 Å². The van der Waals surface area contributed by atoms with Gasteiger partial charge in [0.25, 0.3) is 0 Å². The Bertz CT molecular complexity index is 629. The number of carbonyl (C=O) groups is 1. The Morgan fingerprint density at radius 1 is 1.29 bits per heavy atom. The summed E-state index contributed by atoms with van der Waals surface area (Å²) in [7, 11) is 0. The van der Waals surface area contributed by atoms with Gasteiger partial charge in [0.2, 0.25) is 5.91 Å². The van der Waals surface area contributed by atoms with Gasteiger partial charge in [-0.2, -0.15) is 0 Å². The highest BCUT2D eigenvalue weighted by Crippen LogP contribution is 2.38. The molecule has 1 aromatic heterocycles. The van der Waals surface area contributed by atoms with Crippen molar-refractivity contribution in [2.24, 2.45) is 0 Å². The van der Waals surface area contributed by atoms with E-state index < -0.39 is 0 Å². The van der Waals surface area contributed by atoms with Gasteiger partial charge in [0.05, 0.1) is 17.6 Å². The third kappa shape index (κ3) is 2.47. The van der Waals surface area contributed by atoms with E-state index in [1.54, 1.807) is 0 Å². The molecule has 1 aromatic rings. The number of fused-ring (bicyclic) bond motifs is 2. The van der Waals surface area contributed by atoms with Crippen molar-refractivity contribution in [1.82, 2.24) is 19.8 Å². The maximum absolute atomic E-state index is 12.9. The smallest absolute Gasteiger partial charge is 0.243 e. The third-order valence-corrected chi connectivity index (χ3v) is 6.05. The highest BCUT2D eigenvalue weighted by molar-refractivity contribution is 5.77. The predicted molar refractivity (Wildman–Crippen MR) is 88.6 cm³/mol. The molecular formula is C18H26N4O2. The average molecular weight is 330 g/mol. The quantitative estimate of drug-likeness (QED) is 0.901. The molecule has 0 atom stereocenters. The molecule has 3 heterocycles. The average Bonchev–Trinajstić information content (AvgIpc) is 3.51. The number of aromatic nitrogens is 2. The van der Waals surface area contributed by atoms with Crippen molar-refractivity contribution in [3.8, 4) is 0 Å². The van der Waals surface area contributed by atoms with Crippen LogP contribution in [-0.4, -0.2) is 52.2 Å². The van der Waals surface area contributed by atoms with Gasteiger partial charge in [-0.05, 0) is 38.5 Å². The molecule has 2 aliphatic carbocycles. The second-order valence-corrected chi connectivity index (χ2v) is 7.80. The monoisotopic (exact) mass is 330 g/mol. The number of hydrogen-bond acceptors (Lipinski definition) is 4. The first kappa shape index (κ1) is 14.9. The molecule has 0 aromatic carbocycles. The molecule has 130 valence electrons. The number of imidazole rings is 1. The lowest BCUT2D eigenvalue weighted by molar-refractivity contribution is -0.133. The molecular weight excluding hydrogens is 304 g/mol. The SMILES string of the molecule is O=C(Cn1cnc2c1CCNC21CCOCC1)N(C1CC1)C1CC1. The van der Waals surface area contributed by atoms with Crippen molar-refractivity contribution in [2.75, 3.05) is 19.8 Å². The molecule has 2 saturated carbocycles. The zero-order chi connectivity index (χ0) is 16.1. The molecule has 1 spiro atoms. The van der Waals surface area contributed by atoms with Crippen molar-refractivity contribution in [3.63, 3.8) is 0 Å². The van der Waals surface area contributed by atoms with Crippen LogP contribution >= 0.6 is 0 Å². The maximum Gasteiger partial charge on any atom is 0.243 e. The minimum atomic E-state index is -0.0349. The first-order valence-corrected chi connectivity index (χ1v) is 9.45. The lowest BCUT2D eigenvalue weighted by Crippen LogP contribution is -2.51. The number of nitrogens with one attached hydrogen (secondary N) is 1. The summed E-state index contributed by atoms with van der Waals surface area (Å²) in [5.74, 6) is 0.291. The van der Waals surface area contributed by atoms with Gasteiger partial charge in [0.15, 0.2) is 0 Å². The molecule has 1 amide bonds. The summed E-state index contributed by atoms with van der Waals surface area (Å²) < 4.78 is 7.66. The largest absolute Gasteiger partial charge is 0.381 e. The second kappa shape index (κ2) is 5.56. The summed E-state index contributed by atoms with van der Waals surface area (Å²) >= 11 is 0. The fourth-order valence-electron chi connectivity index (χ4n) is 4.48. The van der Waals surface area contributed by atoms with Gasteiger partial charge in [0, 0.05) is 44.0 Å². The van der Waals surface area contributed by atoms with Crippen molar-refractivity contribution >= 4 is 5.91 Å². The molecule has 4 aliphatic rings. The highest BCUT2D eigenvalue weighted by atomic mass is 16.5. The Morgan fingerprint density at radius 2 is 2.00 bits per heavy atom. The molecule has 1 saturated heterocycles. The second-order valence-electron chi connectivity index (χ2n) is 7.80. The Kier molecular flexibility index (Phi) is 3.45. The van der Waals surface area contributed by atoms with E-state index in [0.29, 0.717) is 24.5 Å². The number of hydrogen-bond donors (Lipinski definition) is 1. The van der Waals surface area contributed by atoms with Gasteiger partial charge >= 0.3 is 0 Å². The van der Waals surface area contributed by atoms with Crippen LogP contribution in [-0.2, 0) is 28.0 Å². The number of carbonyl (C=O) groups excluding carboxylic acids is 1. The van der Waals surface area contributed by atoms with E-state index >= 15 is 0 Å². The Labute approximate surface area is 142 Å². The molecule has 0 unspecified atom stereocenters. The summed E-state index contributed by atoms with van der Waals surface area (Å²) in [5, 5.41) is 3.69. The van der Waals surface area contributed by atoms with Crippen molar-refractivity contribution in [2.45, 2.75) is 69.1 Å². The van der Waals surface area contributed by atoms with E-state index in [1.165, 1.54) is 31.4 Å². The first-order chi connectivity index (χ1) is 11.8. The van der Waals surface area contributed by atoms with Crippen LogP contribution in [0, 0.1) is 0 Å². The van der Waals surface area contributed by atoms with Crippen LogP contribution < -0.4 is 5.32 Å². The fourth-order valence-corrected chi connectivity index (χ4v) is 4.48. The predicted octanol–water partition coefficient (Wildman–Crippen LogP) is 1.19. The van der Waals surface area contributed by atoms with Crippen LogP contribution in [0.2, 0.25) is 0 Å². The topological polar surface area (TPSA) is 59.4 Å². The van der Waals surface area contributed by atoms with Crippen LogP contribution in [0.5, 0.6) is 0 Å². The highest BCUT2D eigenvalue weighted by Gasteiger charge is 2.43. The summed E-state index contributed by atoms with van der Waals surface area (Å²) in [4.78, 5) is 19.8. The molecule has 5 rings (SSSR count). The number of nitrogens with zero attached hydrogens (tertiary/aromatic N) is 3. The molecule has 0 radical (unpaired) electrons. The lowest BCUT2D eigenvalue weighted by atomic mass is 9.82. The van der Waals surface area contributed by atoms with Gasteiger partial charge < -0.3 is 19.5 Å². The van der Waals surface area contributed by atoms with Crippen LogP contribution in [0.1, 0.15) is 49.9 Å². The van der Waals surface area contributed by atoms with E-state index in [4.69, 9.17) is 9.72 Å². The maximum atomic E-state index is 12.9. The first-order valence-electron chi connectivity index (χ1n) is 9.45. The van der Waals surface area contributed by atoms with Crippen LogP contribution in [0.15, 0.2) is 6.33 Å². The Balaban J connectivity index is 1.38. The van der Waals surface area contributed by atoms with Gasteiger partial charge in [-0.15, -0.1) is 0 Å². The minimum Gasteiger partial charge on any atom is -0.381 e. The van der Waals surface area contributed by atoms with E-state index in [2.05, 4.69) is 14.8 Å². The molecule has 24 heavy (non-hydrogen) atoms. The van der Waals surface area contributed by atoms with Gasteiger partial charge in [-0.25, -0.2) is 4.98 Å². The number of amides is 1. The van der Waals surface area contributed by atoms with Gasteiger partial charge in [0.1, 0.15) is 6.54 Å². The molecule has 2 aliphatic heterocycles. The normalized spacial score (nSPS) is 25.5. The zero-order valence-corrected chi connectivity index (χ0v) is 14.2. The summed E-state index contributed by atoms with van der Waals surface area (Å²) in [6, 6.07) is 1.04. The molecule has 6 nitrogen and oxygen atoms in total. The summed E-state index contributed by atoms with van der Waals surface area (Å²) in [6.07, 6.45) is 9.56. The van der Waals surface area contributed by atoms with Crippen molar-refractivity contribution in [1.29, 1.82) is 0 Å². The number of rotatable bonds is 4. The minimum absolute atomic E-state index is 0.0349. The van der Waals surface area contributed by atoms with Gasteiger partial charge in [-0.3, -0.25) is 4.79 Å². The van der Waals surface area contributed by atoms with E-state index in [1.807, 2.05) is 6.33 Å². The third-order valence-electron chi connectivity index (χ3n) is 6.05. The van der Waals surface area contributed by atoms with E-state index in [-0.39, 0.29) is 5.54 Å². The fraction of sp³-hybridized carbons (Fsp3) is 0.778. The van der Waals surface area contributed by atoms with Crippen molar-refractivity contribution in [3.05, 3.63) is 17.7 Å². The Hall–Kier alpha value is -1.40. The van der Waals surface area contributed by atoms with Crippen LogP contribution in [0.25, 0.3) is 0 Å². The van der Waals surface area contributed by atoms with Crippen LogP contribution in [0.3, 0.4) is 0 Å². The molecule has 6 heteroatoms. The lowest BCUT2D eigenvalue weighted by Gasteiger charge is -2.40. The summed E-state index contributed by atoms with van der Waals surface area (Å²) in [6.45, 7) is 2.99. The summed E-state index contributed by atoms with van der Waals surface area (Å²) in [5.41, 5.74) is 2.39. The molecule has 0 bridgehead atoms. The van der Waals surface area contributed by atoms with Crippen LogP contribution in [0.4, 0.5) is 0 Å². The number of ether oxygens (including phenoxy) is 1. The van der Waals surface area contributed by atoms with E-state index in [0.717, 1.165) is 44.7 Å². The molecule has 3 fully saturated rings. The zero-order valence-electron chi connectivity index (χ0n) is 14.2. The molecule has 1 N–H and O–H groups in total. The standard InChI is InChI=1S/C18H26N4O2/c23-16(22(13-1-2-13)14-3-4-14)11-21-12-19-17-15(21)5-8-20-18(17)6-9-24-10-7-18/h12-14,20H,1-11H2. The van der Waals surface area contributed by atoms with Crippen molar-refractivity contribution < 1.29 is 9.53 Å². The van der Waals surface area contributed by atoms with Gasteiger partial charge in [-0.1, -0.05) is 0 Å².